The fraction of sp³-hybridized carbons (Fsp3) is 0.781. The average Bonchev–Trinajstić information content (AvgIpc) is 2.97. The number of ether oxygens (including phenoxy) is 2. The van der Waals surface area contributed by atoms with Crippen molar-refractivity contribution < 1.29 is 22.7 Å². The number of hydrogen-bond acceptors (Lipinski definition) is 5. The van der Waals surface area contributed by atoms with E-state index < -0.39 is 22.2 Å². The van der Waals surface area contributed by atoms with Gasteiger partial charge in [-0.2, -0.15) is 0 Å². The van der Waals surface area contributed by atoms with E-state index in [1.54, 1.807) is 0 Å². The normalized spacial score (nSPS) is 12.3. The molecule has 0 heterocycles. The predicted octanol–water partition coefficient (Wildman–Crippen LogP) is 6.75. The zero-order valence-corrected chi connectivity index (χ0v) is 28.4. The molecular formula is C32H58N2O5SSe. The minimum atomic E-state index is -3.40. The molecular weight excluding hydrogens is 603 g/mol. The number of methoxy groups -OCH3 is 1. The van der Waals surface area contributed by atoms with Crippen LogP contribution in [0.25, 0.3) is 0 Å². The molecule has 238 valence electrons. The fourth-order valence-corrected chi connectivity index (χ4v) is 7.90. The van der Waals surface area contributed by atoms with Crippen molar-refractivity contribution in [3.8, 4) is 0 Å². The number of hydrogen-bond donors (Lipinski definition) is 2. The van der Waals surface area contributed by atoms with Crippen LogP contribution in [-0.4, -0.2) is 68.1 Å². The predicted molar refractivity (Wildman–Crippen MR) is 173 cm³/mol. The van der Waals surface area contributed by atoms with Crippen molar-refractivity contribution >= 4 is 35.5 Å². The number of rotatable bonds is 28. The summed E-state index contributed by atoms with van der Waals surface area (Å²) < 4.78 is 39.0. The molecule has 0 aliphatic rings. The molecule has 1 aromatic carbocycles. The second-order valence-corrected chi connectivity index (χ2v) is 15.2. The maximum atomic E-state index is 12.3. The van der Waals surface area contributed by atoms with E-state index in [4.69, 9.17) is 9.47 Å². The van der Waals surface area contributed by atoms with Crippen LogP contribution in [0, 0.1) is 0 Å². The number of carbonyl (C=O) groups is 1. The second-order valence-electron chi connectivity index (χ2n) is 10.9. The average molecular weight is 662 g/mol. The SMILES string of the molecule is CCCCCCCCCCCCCCCCCCNC(=O)OCC(CNS(=O)(=O)CCC[Se]c1ccccc1)OC. The van der Waals surface area contributed by atoms with E-state index in [1.165, 1.54) is 101 Å². The number of carbonyl (C=O) groups excluding carboxylic acids is 1. The van der Waals surface area contributed by atoms with Gasteiger partial charge in [-0.3, -0.25) is 0 Å². The molecule has 0 aromatic heterocycles. The summed E-state index contributed by atoms with van der Waals surface area (Å²) in [6.45, 7) is 2.94. The summed E-state index contributed by atoms with van der Waals surface area (Å²) >= 11 is 0.277. The molecule has 1 aromatic rings. The van der Waals surface area contributed by atoms with Crippen LogP contribution >= 0.6 is 0 Å². The first-order chi connectivity index (χ1) is 20.0. The third kappa shape index (κ3) is 24.1. The Morgan fingerprint density at radius 1 is 0.805 bits per heavy atom. The van der Waals surface area contributed by atoms with Crippen LogP contribution in [0.1, 0.15) is 116 Å². The zero-order valence-electron chi connectivity index (χ0n) is 25.9. The molecule has 1 unspecified atom stereocenters. The molecule has 2 N–H and O–H groups in total. The Hall–Kier alpha value is -1.12. The fourth-order valence-electron chi connectivity index (χ4n) is 4.54. The number of amides is 1. The molecule has 1 rings (SSSR count). The van der Waals surface area contributed by atoms with Crippen molar-refractivity contribution in [2.24, 2.45) is 0 Å². The first kappa shape index (κ1) is 37.9. The van der Waals surface area contributed by atoms with Crippen LogP contribution in [0.5, 0.6) is 0 Å². The Morgan fingerprint density at radius 2 is 1.34 bits per heavy atom. The standard InChI is InChI=1S/C32H58N2O5SSe/c1-3-4-5-6-7-8-9-10-11-12-13-14-15-16-17-21-25-33-32(35)39-29-30(38-2)28-34-40(36,37)26-22-27-41-31-23-19-18-20-24-31/h18-20,23-24,30,34H,3-17,21-22,25-29H2,1-2H3,(H,33,35). The van der Waals surface area contributed by atoms with Crippen LogP contribution in [0.15, 0.2) is 30.3 Å². The van der Waals surface area contributed by atoms with E-state index in [1.807, 2.05) is 18.2 Å². The van der Waals surface area contributed by atoms with E-state index in [2.05, 4.69) is 29.1 Å². The van der Waals surface area contributed by atoms with Crippen LogP contribution in [0.2, 0.25) is 5.32 Å². The van der Waals surface area contributed by atoms with Gasteiger partial charge < -0.3 is 0 Å². The van der Waals surface area contributed by atoms with Gasteiger partial charge >= 0.3 is 149 Å². The van der Waals surface area contributed by atoms with E-state index in [-0.39, 0.29) is 33.9 Å². The van der Waals surface area contributed by atoms with E-state index in [0.29, 0.717) is 13.0 Å². The summed E-state index contributed by atoms with van der Waals surface area (Å²) in [6, 6.07) is 10.1. The Morgan fingerprint density at radius 3 is 1.88 bits per heavy atom. The monoisotopic (exact) mass is 662 g/mol. The molecule has 0 spiro atoms. The third-order valence-electron chi connectivity index (χ3n) is 7.13. The molecule has 9 heteroatoms. The van der Waals surface area contributed by atoms with Gasteiger partial charge in [0.05, 0.1) is 0 Å². The summed E-state index contributed by atoms with van der Waals surface area (Å²) in [5, 5.41) is 3.65. The number of benzene rings is 1. The number of unbranched alkanes of at least 4 members (excludes halogenated alkanes) is 15. The zero-order chi connectivity index (χ0) is 29.9. The molecule has 0 fully saturated rings. The van der Waals surface area contributed by atoms with Crippen molar-refractivity contribution in [3.05, 3.63) is 30.3 Å². The van der Waals surface area contributed by atoms with E-state index in [0.717, 1.165) is 18.2 Å². The van der Waals surface area contributed by atoms with Gasteiger partial charge in [0.2, 0.25) is 0 Å². The van der Waals surface area contributed by atoms with Crippen LogP contribution < -0.4 is 14.5 Å². The van der Waals surface area contributed by atoms with Crippen LogP contribution in [-0.2, 0) is 19.5 Å². The number of alkyl carbamates (subject to hydrolysis) is 1. The topological polar surface area (TPSA) is 93.7 Å². The number of nitrogens with one attached hydrogen (secondary N) is 2. The molecule has 0 saturated carbocycles. The Kier molecular flexibility index (Phi) is 24.5. The molecule has 0 aliphatic carbocycles. The molecule has 0 aliphatic heterocycles. The van der Waals surface area contributed by atoms with Crippen LogP contribution in [0.4, 0.5) is 4.79 Å². The first-order valence-electron chi connectivity index (χ1n) is 16.1. The van der Waals surface area contributed by atoms with Gasteiger partial charge in [0.25, 0.3) is 0 Å². The van der Waals surface area contributed by atoms with Gasteiger partial charge in [0.1, 0.15) is 0 Å². The van der Waals surface area contributed by atoms with Crippen molar-refractivity contribution in [3.63, 3.8) is 0 Å². The van der Waals surface area contributed by atoms with Gasteiger partial charge in [-0.1, -0.05) is 103 Å². The summed E-state index contributed by atoms with van der Waals surface area (Å²) in [5.41, 5.74) is 0. The Labute approximate surface area is 257 Å². The van der Waals surface area contributed by atoms with Gasteiger partial charge in [-0.15, -0.1) is 0 Å². The molecule has 41 heavy (non-hydrogen) atoms. The first-order valence-corrected chi connectivity index (χ1v) is 19.8. The summed E-state index contributed by atoms with van der Waals surface area (Å²) in [5.74, 6) is 0.0820. The Balaban J connectivity index is 1.93. The molecule has 0 radical (unpaired) electrons. The third-order valence-corrected chi connectivity index (χ3v) is 10.9. The molecule has 1 amide bonds. The summed E-state index contributed by atoms with van der Waals surface area (Å²) in [6.07, 6.45) is 20.7. The molecule has 0 saturated heterocycles. The van der Waals surface area contributed by atoms with Gasteiger partial charge in [0, 0.05) is 0 Å². The van der Waals surface area contributed by atoms with Gasteiger partial charge in [0.15, 0.2) is 0 Å². The summed E-state index contributed by atoms with van der Waals surface area (Å²) in [4.78, 5) is 12.0. The molecule has 7 nitrogen and oxygen atoms in total. The minimum absolute atomic E-state index is 0.000923. The number of sulfonamides is 1. The maximum absolute atomic E-state index is 12.3. The van der Waals surface area contributed by atoms with Gasteiger partial charge in [-0.05, 0) is 6.42 Å². The van der Waals surface area contributed by atoms with Gasteiger partial charge in [-0.25, -0.2) is 0 Å². The second kappa shape index (κ2) is 26.5. The molecule has 0 bridgehead atoms. The summed E-state index contributed by atoms with van der Waals surface area (Å²) in [7, 11) is -1.91. The van der Waals surface area contributed by atoms with Crippen molar-refractivity contribution in [1.29, 1.82) is 0 Å². The Bertz CT molecular complexity index is 842. The van der Waals surface area contributed by atoms with Crippen molar-refractivity contribution in [2.45, 2.75) is 128 Å². The van der Waals surface area contributed by atoms with E-state index >= 15 is 0 Å². The van der Waals surface area contributed by atoms with E-state index in [9.17, 15) is 13.2 Å². The molecule has 1 atom stereocenters. The van der Waals surface area contributed by atoms with Crippen LogP contribution in [0.3, 0.4) is 0 Å². The van der Waals surface area contributed by atoms with Crippen molar-refractivity contribution in [2.75, 3.05) is 32.6 Å². The quantitative estimate of drug-likeness (QED) is 0.0766. The van der Waals surface area contributed by atoms with Crippen molar-refractivity contribution in [1.82, 2.24) is 10.0 Å².